The summed E-state index contributed by atoms with van der Waals surface area (Å²) < 4.78 is 14.8. The Kier molecular flexibility index (Phi) is 4.44. The van der Waals surface area contributed by atoms with E-state index in [-0.39, 0.29) is 17.8 Å². The SMILES string of the molecule is Cc1ncnc(C(Cc2cccc(Br)c2)C(=O)O)c1F. The van der Waals surface area contributed by atoms with E-state index in [4.69, 9.17) is 0 Å². The van der Waals surface area contributed by atoms with E-state index in [1.165, 1.54) is 13.3 Å². The molecular weight excluding hydrogens is 327 g/mol. The van der Waals surface area contributed by atoms with Crippen molar-refractivity contribution in [2.45, 2.75) is 19.3 Å². The van der Waals surface area contributed by atoms with Crippen molar-refractivity contribution in [3.05, 3.63) is 57.8 Å². The average molecular weight is 339 g/mol. The van der Waals surface area contributed by atoms with Crippen molar-refractivity contribution in [2.24, 2.45) is 0 Å². The summed E-state index contributed by atoms with van der Waals surface area (Å²) in [5.41, 5.74) is 0.864. The molecular formula is C14H12BrFN2O2. The molecule has 4 nitrogen and oxygen atoms in total. The maximum Gasteiger partial charge on any atom is 0.313 e. The molecule has 0 saturated carbocycles. The molecule has 0 bridgehead atoms. The predicted molar refractivity (Wildman–Crippen MR) is 74.9 cm³/mol. The summed E-state index contributed by atoms with van der Waals surface area (Å²) in [6.07, 6.45) is 1.35. The first-order chi connectivity index (χ1) is 9.49. The molecule has 1 aromatic heterocycles. The molecule has 0 radical (unpaired) electrons. The van der Waals surface area contributed by atoms with Gasteiger partial charge in [-0.3, -0.25) is 4.79 Å². The van der Waals surface area contributed by atoms with Gasteiger partial charge >= 0.3 is 5.97 Å². The summed E-state index contributed by atoms with van der Waals surface area (Å²) >= 11 is 3.32. The van der Waals surface area contributed by atoms with Crippen LogP contribution in [0.5, 0.6) is 0 Å². The number of halogens is 2. The molecule has 6 heteroatoms. The van der Waals surface area contributed by atoms with E-state index in [1.807, 2.05) is 12.1 Å². The first-order valence-electron chi connectivity index (χ1n) is 5.93. The standard InChI is InChI=1S/C14H12BrFN2O2/c1-8-12(16)13(18-7-17-8)11(14(19)20)6-9-3-2-4-10(15)5-9/h2-5,7,11H,6H2,1H3,(H,19,20). The summed E-state index contributed by atoms with van der Waals surface area (Å²) in [7, 11) is 0. The van der Waals surface area contributed by atoms with Gasteiger partial charge in [0.25, 0.3) is 0 Å². The van der Waals surface area contributed by atoms with Gasteiger partial charge in [-0.15, -0.1) is 0 Å². The number of aliphatic carboxylic acids is 1. The van der Waals surface area contributed by atoms with E-state index >= 15 is 0 Å². The van der Waals surface area contributed by atoms with Crippen LogP contribution >= 0.6 is 15.9 Å². The van der Waals surface area contributed by atoms with Crippen LogP contribution < -0.4 is 0 Å². The van der Waals surface area contributed by atoms with E-state index in [9.17, 15) is 14.3 Å². The molecule has 0 aliphatic carbocycles. The monoisotopic (exact) mass is 338 g/mol. The normalized spacial score (nSPS) is 12.2. The van der Waals surface area contributed by atoms with Gasteiger partial charge in [0.2, 0.25) is 0 Å². The van der Waals surface area contributed by atoms with Crippen molar-refractivity contribution in [3.8, 4) is 0 Å². The van der Waals surface area contributed by atoms with Gasteiger partial charge in [0.1, 0.15) is 12.2 Å². The Balaban J connectivity index is 2.37. The van der Waals surface area contributed by atoms with Gasteiger partial charge in [-0.25, -0.2) is 14.4 Å². The van der Waals surface area contributed by atoms with Crippen LogP contribution in [-0.2, 0) is 11.2 Å². The van der Waals surface area contributed by atoms with Crippen LogP contribution in [0.1, 0.15) is 22.9 Å². The number of rotatable bonds is 4. The zero-order valence-electron chi connectivity index (χ0n) is 10.7. The van der Waals surface area contributed by atoms with Crippen molar-refractivity contribution < 1.29 is 14.3 Å². The van der Waals surface area contributed by atoms with Crippen LogP contribution in [0.15, 0.2) is 35.1 Å². The molecule has 1 heterocycles. The van der Waals surface area contributed by atoms with Gasteiger partial charge in [-0.1, -0.05) is 28.1 Å². The third-order valence-corrected chi connectivity index (χ3v) is 3.44. The van der Waals surface area contributed by atoms with Gasteiger partial charge in [-0.2, -0.15) is 0 Å². The molecule has 0 aliphatic rings. The number of carboxylic acids is 1. The number of hydrogen-bond acceptors (Lipinski definition) is 3. The molecule has 0 spiro atoms. The van der Waals surface area contributed by atoms with Gasteiger partial charge in [0, 0.05) is 4.47 Å². The summed E-state index contributed by atoms with van der Waals surface area (Å²) in [6, 6.07) is 7.25. The van der Waals surface area contributed by atoms with Crippen LogP contribution in [0.4, 0.5) is 4.39 Å². The van der Waals surface area contributed by atoms with E-state index in [1.54, 1.807) is 12.1 Å². The van der Waals surface area contributed by atoms with Gasteiger partial charge in [0.05, 0.1) is 11.4 Å². The number of aromatic nitrogens is 2. The summed E-state index contributed by atoms with van der Waals surface area (Å²) in [6.45, 7) is 1.48. The highest BCUT2D eigenvalue weighted by Crippen LogP contribution is 2.24. The zero-order valence-corrected chi connectivity index (χ0v) is 12.3. The fourth-order valence-corrected chi connectivity index (χ4v) is 2.37. The minimum absolute atomic E-state index is 0.0787. The highest BCUT2D eigenvalue weighted by atomic mass is 79.9. The quantitative estimate of drug-likeness (QED) is 0.930. The zero-order chi connectivity index (χ0) is 14.7. The van der Waals surface area contributed by atoms with E-state index in [0.29, 0.717) is 0 Å². The van der Waals surface area contributed by atoms with Gasteiger partial charge in [-0.05, 0) is 31.0 Å². The molecule has 0 saturated heterocycles. The maximum absolute atomic E-state index is 14.0. The Hall–Kier alpha value is -1.82. The Bertz CT molecular complexity index is 649. The van der Waals surface area contributed by atoms with Crippen molar-refractivity contribution >= 4 is 21.9 Å². The lowest BCUT2D eigenvalue weighted by Gasteiger charge is -2.13. The second-order valence-electron chi connectivity index (χ2n) is 4.38. The van der Waals surface area contributed by atoms with E-state index in [0.717, 1.165) is 10.0 Å². The van der Waals surface area contributed by atoms with Crippen LogP contribution in [-0.4, -0.2) is 21.0 Å². The predicted octanol–water partition coefficient (Wildman–Crippen LogP) is 3.10. The van der Waals surface area contributed by atoms with Gasteiger partial charge in [0.15, 0.2) is 5.82 Å². The molecule has 1 aromatic carbocycles. The maximum atomic E-state index is 14.0. The average Bonchev–Trinajstić information content (AvgIpc) is 2.39. The summed E-state index contributed by atoms with van der Waals surface area (Å²) in [5, 5.41) is 9.33. The van der Waals surface area contributed by atoms with Crippen LogP contribution in [0.25, 0.3) is 0 Å². The second-order valence-corrected chi connectivity index (χ2v) is 5.30. The van der Waals surface area contributed by atoms with E-state index < -0.39 is 17.7 Å². The molecule has 2 rings (SSSR count). The molecule has 104 valence electrons. The van der Waals surface area contributed by atoms with Crippen LogP contribution in [0.3, 0.4) is 0 Å². The first kappa shape index (κ1) is 14.6. The number of hydrogen-bond donors (Lipinski definition) is 1. The minimum atomic E-state index is -1.11. The lowest BCUT2D eigenvalue weighted by molar-refractivity contribution is -0.138. The Morgan fingerprint density at radius 3 is 2.85 bits per heavy atom. The lowest BCUT2D eigenvalue weighted by Crippen LogP contribution is -2.18. The molecule has 0 fully saturated rings. The number of carbonyl (C=O) groups is 1. The third-order valence-electron chi connectivity index (χ3n) is 2.95. The highest BCUT2D eigenvalue weighted by molar-refractivity contribution is 9.10. The Morgan fingerprint density at radius 1 is 1.45 bits per heavy atom. The fraction of sp³-hybridized carbons (Fsp3) is 0.214. The molecule has 0 amide bonds. The molecule has 1 N–H and O–H groups in total. The summed E-state index contributed by atoms with van der Waals surface area (Å²) in [5.74, 6) is -2.80. The van der Waals surface area contributed by atoms with Crippen LogP contribution in [0, 0.1) is 12.7 Å². The molecule has 1 unspecified atom stereocenters. The van der Waals surface area contributed by atoms with Crippen molar-refractivity contribution in [1.82, 2.24) is 9.97 Å². The Morgan fingerprint density at radius 2 is 2.20 bits per heavy atom. The second kappa shape index (κ2) is 6.09. The number of carboxylic acid groups (broad SMARTS) is 1. The molecule has 1 atom stereocenters. The third kappa shape index (κ3) is 3.19. The topological polar surface area (TPSA) is 63.1 Å². The fourth-order valence-electron chi connectivity index (χ4n) is 1.92. The van der Waals surface area contributed by atoms with Crippen molar-refractivity contribution in [1.29, 1.82) is 0 Å². The minimum Gasteiger partial charge on any atom is -0.481 e. The molecule has 0 aliphatic heterocycles. The molecule has 2 aromatic rings. The first-order valence-corrected chi connectivity index (χ1v) is 6.72. The summed E-state index contributed by atoms with van der Waals surface area (Å²) in [4.78, 5) is 18.9. The van der Waals surface area contributed by atoms with Crippen LogP contribution in [0.2, 0.25) is 0 Å². The van der Waals surface area contributed by atoms with E-state index in [2.05, 4.69) is 25.9 Å². The lowest BCUT2D eigenvalue weighted by atomic mass is 9.95. The number of aryl methyl sites for hydroxylation is 1. The molecule has 20 heavy (non-hydrogen) atoms. The van der Waals surface area contributed by atoms with Crippen molar-refractivity contribution in [3.63, 3.8) is 0 Å². The highest BCUT2D eigenvalue weighted by Gasteiger charge is 2.26. The smallest absolute Gasteiger partial charge is 0.313 e. The van der Waals surface area contributed by atoms with Gasteiger partial charge < -0.3 is 5.11 Å². The largest absolute Gasteiger partial charge is 0.481 e. The Labute approximate surface area is 123 Å². The number of benzene rings is 1. The number of nitrogens with zero attached hydrogens (tertiary/aromatic N) is 2. The van der Waals surface area contributed by atoms with Crippen molar-refractivity contribution in [2.75, 3.05) is 0 Å².